The number of thiophene rings is 1. The Kier molecular flexibility index (Phi) is 4.98. The first kappa shape index (κ1) is 23.7. The molecule has 0 saturated carbocycles. The van der Waals surface area contributed by atoms with E-state index in [-0.39, 0.29) is 0 Å². The largest absolute Gasteiger partial charge is 0.271 e. The van der Waals surface area contributed by atoms with Crippen molar-refractivity contribution in [3.63, 3.8) is 0 Å². The number of halogens is 8. The van der Waals surface area contributed by atoms with Crippen molar-refractivity contribution < 1.29 is 35.1 Å². The number of nitriles is 2. The van der Waals surface area contributed by atoms with E-state index in [2.05, 4.69) is 9.69 Å². The van der Waals surface area contributed by atoms with E-state index in [1.165, 1.54) is 12.1 Å². The summed E-state index contributed by atoms with van der Waals surface area (Å²) in [7, 11) is 0. The van der Waals surface area contributed by atoms with Crippen LogP contribution in [0.25, 0.3) is 43.1 Å². The summed E-state index contributed by atoms with van der Waals surface area (Å²) in [6.45, 7) is 14.4. The normalized spacial score (nSPS) is 15.0. The average Bonchev–Trinajstić information content (AvgIpc) is 3.52. The van der Waals surface area contributed by atoms with Crippen LogP contribution in [0, 0.1) is 82.3 Å². The summed E-state index contributed by atoms with van der Waals surface area (Å²) in [5, 5.41) is 18.8. The van der Waals surface area contributed by atoms with Crippen LogP contribution >= 0.6 is 11.3 Å². The highest BCUT2D eigenvalue weighted by molar-refractivity contribution is 7.16. The van der Waals surface area contributed by atoms with Crippen LogP contribution in [0.2, 0.25) is 0 Å². The van der Waals surface area contributed by atoms with Crippen LogP contribution in [0.1, 0.15) is 20.9 Å². The zero-order valence-corrected chi connectivity index (χ0v) is 18.0. The lowest BCUT2D eigenvalue weighted by atomic mass is 9.96. The zero-order valence-electron chi connectivity index (χ0n) is 17.2. The van der Waals surface area contributed by atoms with Gasteiger partial charge >= 0.3 is 0 Å². The van der Waals surface area contributed by atoms with E-state index in [4.69, 9.17) is 13.1 Å². The first-order valence-electron chi connectivity index (χ1n) is 9.51. The molecule has 0 saturated heterocycles. The molecule has 2 aromatic carbocycles. The lowest BCUT2D eigenvalue weighted by Gasteiger charge is -2.10. The zero-order chi connectivity index (χ0) is 27.1. The van der Waals surface area contributed by atoms with Gasteiger partial charge in [0.15, 0.2) is 46.5 Å². The molecule has 3 aromatic rings. The Labute approximate surface area is 204 Å². The van der Waals surface area contributed by atoms with Crippen molar-refractivity contribution in [1.82, 2.24) is 0 Å². The van der Waals surface area contributed by atoms with Crippen molar-refractivity contribution in [2.45, 2.75) is 0 Å². The standard InChI is InChI=1S/C24F8N4S/c1-35-5(3-33)7-9-11(17(27)21(31)19(29)15(9)25)13-14-12-10(16(26)20(30)22(32)18(12)28)8(6(4-34)36-2)24(14)37-23(7)13/b7-5-,8-6+. The van der Waals surface area contributed by atoms with Crippen LogP contribution in [0.15, 0.2) is 11.4 Å². The first-order valence-corrected chi connectivity index (χ1v) is 10.3. The summed E-state index contributed by atoms with van der Waals surface area (Å²) in [4.78, 5) is 4.94. The number of allylic oxidation sites excluding steroid dienone is 2. The Bertz CT molecular complexity index is 1740. The van der Waals surface area contributed by atoms with Gasteiger partial charge in [0.2, 0.25) is 0 Å². The highest BCUT2D eigenvalue weighted by Crippen LogP contribution is 2.63. The number of hydrogen-bond acceptors (Lipinski definition) is 3. The van der Waals surface area contributed by atoms with Gasteiger partial charge in [0.25, 0.3) is 11.4 Å². The summed E-state index contributed by atoms with van der Waals surface area (Å²) in [5.41, 5.74) is -8.95. The topological polar surface area (TPSA) is 56.3 Å². The number of nitrogens with zero attached hydrogens (tertiary/aromatic N) is 4. The molecule has 1 aromatic heterocycles. The molecule has 0 unspecified atom stereocenters. The maximum absolute atomic E-state index is 15.1. The molecule has 0 N–H and O–H groups in total. The molecule has 0 radical (unpaired) electrons. The van der Waals surface area contributed by atoms with Gasteiger partial charge < -0.3 is 0 Å². The van der Waals surface area contributed by atoms with Crippen molar-refractivity contribution in [1.29, 1.82) is 10.5 Å². The molecule has 13 heteroatoms. The molecule has 2 aliphatic carbocycles. The molecule has 0 aliphatic heterocycles. The maximum atomic E-state index is 15.1. The molecule has 4 nitrogen and oxygen atoms in total. The molecule has 0 bridgehead atoms. The minimum absolute atomic E-state index is 0.356. The van der Waals surface area contributed by atoms with Crippen molar-refractivity contribution in [2.75, 3.05) is 0 Å². The molecule has 1 heterocycles. The lowest BCUT2D eigenvalue weighted by Crippen LogP contribution is -2.04. The van der Waals surface area contributed by atoms with Gasteiger partial charge in [-0.15, -0.1) is 11.3 Å². The van der Waals surface area contributed by atoms with Crippen molar-refractivity contribution in [2.24, 2.45) is 0 Å². The van der Waals surface area contributed by atoms with E-state index >= 15 is 8.78 Å². The van der Waals surface area contributed by atoms with Crippen molar-refractivity contribution in [3.05, 3.63) is 102 Å². The van der Waals surface area contributed by atoms with Gasteiger partial charge in [0.1, 0.15) is 0 Å². The Morgan fingerprint density at radius 3 is 1.08 bits per heavy atom. The first-order chi connectivity index (χ1) is 17.6. The molecule has 0 spiro atoms. The van der Waals surface area contributed by atoms with Crippen LogP contribution < -0.4 is 0 Å². The van der Waals surface area contributed by atoms with Crippen LogP contribution in [-0.4, -0.2) is 0 Å². The van der Waals surface area contributed by atoms with Crippen LogP contribution in [0.4, 0.5) is 35.1 Å². The molecule has 5 rings (SSSR count). The predicted molar refractivity (Wildman–Crippen MR) is 111 cm³/mol. The summed E-state index contributed by atoms with van der Waals surface area (Å²) in [6, 6.07) is 2.81. The smallest absolute Gasteiger partial charge is 0.226 e. The second kappa shape index (κ2) is 7.76. The van der Waals surface area contributed by atoms with Crippen LogP contribution in [0.5, 0.6) is 0 Å². The summed E-state index contributed by atoms with van der Waals surface area (Å²) in [6.07, 6.45) is 0. The Morgan fingerprint density at radius 1 is 0.514 bits per heavy atom. The third-order valence-electron chi connectivity index (χ3n) is 5.81. The lowest BCUT2D eigenvalue weighted by molar-refractivity contribution is 0.409. The highest BCUT2D eigenvalue weighted by Gasteiger charge is 2.46. The number of fused-ring (bicyclic) bond motifs is 7. The van der Waals surface area contributed by atoms with Gasteiger partial charge in [-0.05, 0) is 0 Å². The Balaban J connectivity index is 2.13. The van der Waals surface area contributed by atoms with E-state index in [0.717, 1.165) is 0 Å². The predicted octanol–water partition coefficient (Wildman–Crippen LogP) is 7.23. The molecule has 37 heavy (non-hydrogen) atoms. The fraction of sp³-hybridized carbons (Fsp3) is 0. The number of hydrogen-bond donors (Lipinski definition) is 0. The second-order valence-corrected chi connectivity index (χ2v) is 8.44. The van der Waals surface area contributed by atoms with Crippen molar-refractivity contribution in [3.8, 4) is 34.4 Å². The van der Waals surface area contributed by atoms with Gasteiger partial charge in [-0.3, -0.25) is 0 Å². The molecule has 0 amide bonds. The van der Waals surface area contributed by atoms with Gasteiger partial charge in [-0.25, -0.2) is 55.3 Å². The Hall–Kier alpha value is -4.98. The van der Waals surface area contributed by atoms with E-state index < -0.39 is 112 Å². The molecule has 178 valence electrons. The van der Waals surface area contributed by atoms with Crippen molar-refractivity contribution >= 4 is 22.5 Å². The third-order valence-corrected chi connectivity index (χ3v) is 7.03. The van der Waals surface area contributed by atoms with Gasteiger partial charge in [0.05, 0.1) is 25.3 Å². The summed E-state index contributed by atoms with van der Waals surface area (Å²) >= 11 is 0.356. The second-order valence-electron chi connectivity index (χ2n) is 7.42. The van der Waals surface area contributed by atoms with Crippen LogP contribution in [-0.2, 0) is 0 Å². The minimum Gasteiger partial charge on any atom is -0.226 e. The molecular formula is C24F8N4S. The molecular weight excluding hydrogens is 528 g/mol. The van der Waals surface area contributed by atoms with E-state index in [0.29, 0.717) is 11.3 Å². The maximum Gasteiger partial charge on any atom is 0.271 e. The Morgan fingerprint density at radius 2 is 0.811 bits per heavy atom. The summed E-state index contributed by atoms with van der Waals surface area (Å²) < 4.78 is 117. The average molecular weight is 528 g/mol. The molecule has 0 atom stereocenters. The quantitative estimate of drug-likeness (QED) is 0.0701. The number of benzene rings is 2. The van der Waals surface area contributed by atoms with E-state index in [1.807, 2.05) is 0 Å². The monoisotopic (exact) mass is 528 g/mol. The third kappa shape index (κ3) is 2.66. The molecule has 2 aliphatic rings. The van der Waals surface area contributed by atoms with Crippen LogP contribution in [0.3, 0.4) is 0 Å². The minimum atomic E-state index is -2.31. The van der Waals surface area contributed by atoms with Gasteiger partial charge in [0, 0.05) is 54.3 Å². The fourth-order valence-corrected chi connectivity index (χ4v) is 5.83. The molecule has 0 fully saturated rings. The van der Waals surface area contributed by atoms with E-state index in [1.54, 1.807) is 0 Å². The fourth-order valence-electron chi connectivity index (χ4n) is 4.42. The van der Waals surface area contributed by atoms with Gasteiger partial charge in [-0.1, -0.05) is 0 Å². The number of rotatable bonds is 0. The summed E-state index contributed by atoms with van der Waals surface area (Å²) in [5.74, 6) is -17.2. The van der Waals surface area contributed by atoms with Gasteiger partial charge in [-0.2, -0.15) is 0 Å². The SMILES string of the molecule is [C-]#[N+]/C(C#N)=C1\c2sc3c(c2-c2c(F)c(F)c(F)c(F)c21)-c1c(F)c(F)c(F)c(F)c1/C3=C(/C#N)[N+]#[C-]. The van der Waals surface area contributed by atoms with E-state index in [9.17, 15) is 36.9 Å². The highest BCUT2D eigenvalue weighted by atomic mass is 32.1.